The van der Waals surface area contributed by atoms with Crippen LogP contribution in [-0.2, 0) is 0 Å². The van der Waals surface area contributed by atoms with Crippen molar-refractivity contribution < 1.29 is 4.39 Å². The van der Waals surface area contributed by atoms with Gasteiger partial charge in [0.15, 0.2) is 0 Å². The first-order valence-corrected chi connectivity index (χ1v) is 7.86. The smallest absolute Gasteiger partial charge is 0.123 e. The molecule has 0 saturated carbocycles. The van der Waals surface area contributed by atoms with Gasteiger partial charge in [-0.15, -0.1) is 0 Å². The molecule has 118 valence electrons. The number of nitrogens with one attached hydrogen (secondary N) is 1. The van der Waals surface area contributed by atoms with E-state index in [1.807, 2.05) is 42.5 Å². The van der Waals surface area contributed by atoms with Gasteiger partial charge in [0.1, 0.15) is 11.9 Å². The van der Waals surface area contributed by atoms with Crippen LogP contribution in [-0.4, -0.2) is 0 Å². The molecule has 1 N–H and O–H groups in total. The van der Waals surface area contributed by atoms with Crippen molar-refractivity contribution in [1.29, 1.82) is 0 Å². The molecule has 0 spiro atoms. The minimum absolute atomic E-state index is 0.214. The molecule has 0 aliphatic heterocycles. The molecule has 3 aromatic carbocycles. The monoisotopic (exact) mass is 315 g/mol. The Morgan fingerprint density at radius 3 is 2.17 bits per heavy atom. The van der Waals surface area contributed by atoms with Crippen LogP contribution in [0.25, 0.3) is 0 Å². The van der Waals surface area contributed by atoms with E-state index in [1.165, 1.54) is 17.7 Å². The van der Waals surface area contributed by atoms with Crippen LogP contribution in [0.15, 0.2) is 78.9 Å². The molecule has 0 aliphatic rings. The standard InChI is InChI=1S/C22H18FN/c1-17-7-14-21(15-8-17)24-22(19-10-12-20(23)13-11-19)16-9-18-5-3-2-4-6-18/h2-8,10-15,22,24H,1H3. The van der Waals surface area contributed by atoms with Crippen molar-refractivity contribution in [3.63, 3.8) is 0 Å². The largest absolute Gasteiger partial charge is 0.368 e. The Labute approximate surface area is 142 Å². The Morgan fingerprint density at radius 1 is 0.833 bits per heavy atom. The third-order valence-corrected chi connectivity index (χ3v) is 3.70. The first-order chi connectivity index (χ1) is 11.7. The zero-order valence-electron chi connectivity index (χ0n) is 13.5. The fourth-order valence-corrected chi connectivity index (χ4v) is 2.35. The van der Waals surface area contributed by atoms with Gasteiger partial charge in [0.2, 0.25) is 0 Å². The highest BCUT2D eigenvalue weighted by molar-refractivity contribution is 5.50. The van der Waals surface area contributed by atoms with Gasteiger partial charge in [-0.2, -0.15) is 0 Å². The van der Waals surface area contributed by atoms with E-state index in [2.05, 4.69) is 36.2 Å². The second-order valence-electron chi connectivity index (χ2n) is 5.63. The van der Waals surface area contributed by atoms with Crippen molar-refractivity contribution in [2.75, 3.05) is 5.32 Å². The van der Waals surface area contributed by atoms with Crippen LogP contribution in [0, 0.1) is 24.6 Å². The molecule has 24 heavy (non-hydrogen) atoms. The molecule has 0 fully saturated rings. The van der Waals surface area contributed by atoms with Crippen molar-refractivity contribution in [2.24, 2.45) is 0 Å². The van der Waals surface area contributed by atoms with Crippen LogP contribution < -0.4 is 5.32 Å². The fourth-order valence-electron chi connectivity index (χ4n) is 2.35. The first kappa shape index (κ1) is 15.8. The lowest BCUT2D eigenvalue weighted by Gasteiger charge is -2.15. The first-order valence-electron chi connectivity index (χ1n) is 7.86. The molecule has 0 radical (unpaired) electrons. The number of anilines is 1. The van der Waals surface area contributed by atoms with Gasteiger partial charge in [0, 0.05) is 11.3 Å². The number of rotatable bonds is 3. The van der Waals surface area contributed by atoms with Gasteiger partial charge in [-0.05, 0) is 48.9 Å². The van der Waals surface area contributed by atoms with Crippen molar-refractivity contribution in [2.45, 2.75) is 13.0 Å². The van der Waals surface area contributed by atoms with Gasteiger partial charge in [0.05, 0.1) is 0 Å². The maximum Gasteiger partial charge on any atom is 0.123 e. The zero-order valence-corrected chi connectivity index (χ0v) is 13.5. The van der Waals surface area contributed by atoms with Gasteiger partial charge in [-0.1, -0.05) is 59.9 Å². The second-order valence-corrected chi connectivity index (χ2v) is 5.63. The molecule has 1 atom stereocenters. The maximum absolute atomic E-state index is 13.2. The number of aryl methyl sites for hydroxylation is 1. The van der Waals surface area contributed by atoms with E-state index in [0.717, 1.165) is 16.8 Å². The third kappa shape index (κ3) is 4.24. The minimum atomic E-state index is -0.246. The number of halogens is 1. The minimum Gasteiger partial charge on any atom is -0.368 e. The van der Waals surface area contributed by atoms with Crippen LogP contribution in [0.2, 0.25) is 0 Å². The number of hydrogen-bond donors (Lipinski definition) is 1. The van der Waals surface area contributed by atoms with Gasteiger partial charge in [0.25, 0.3) is 0 Å². The summed E-state index contributed by atoms with van der Waals surface area (Å²) in [6.07, 6.45) is 0. The molecule has 1 nitrogen and oxygen atoms in total. The number of hydrogen-bond acceptors (Lipinski definition) is 1. The Bertz CT molecular complexity index is 840. The summed E-state index contributed by atoms with van der Waals surface area (Å²) in [5.74, 6) is 6.19. The van der Waals surface area contributed by atoms with E-state index in [0.29, 0.717) is 0 Å². The summed E-state index contributed by atoms with van der Waals surface area (Å²) in [4.78, 5) is 0. The van der Waals surface area contributed by atoms with E-state index in [1.54, 1.807) is 12.1 Å². The molecular formula is C22H18FN. The van der Waals surface area contributed by atoms with Crippen molar-refractivity contribution in [3.8, 4) is 11.8 Å². The van der Waals surface area contributed by atoms with E-state index < -0.39 is 0 Å². The Hall–Kier alpha value is -3.05. The molecule has 1 unspecified atom stereocenters. The molecule has 3 rings (SSSR count). The highest BCUT2D eigenvalue weighted by Gasteiger charge is 2.08. The van der Waals surface area contributed by atoms with Gasteiger partial charge in [-0.25, -0.2) is 4.39 Å². The Kier molecular flexibility index (Phi) is 4.93. The van der Waals surface area contributed by atoms with Crippen molar-refractivity contribution in [1.82, 2.24) is 0 Å². The maximum atomic E-state index is 13.2. The predicted molar refractivity (Wildman–Crippen MR) is 97.3 cm³/mol. The van der Waals surface area contributed by atoms with Gasteiger partial charge < -0.3 is 5.32 Å². The summed E-state index contributed by atoms with van der Waals surface area (Å²) < 4.78 is 13.2. The van der Waals surface area contributed by atoms with Crippen molar-refractivity contribution >= 4 is 5.69 Å². The summed E-state index contributed by atoms with van der Waals surface area (Å²) in [6, 6.07) is 24.2. The summed E-state index contributed by atoms with van der Waals surface area (Å²) in [5, 5.41) is 3.42. The fraction of sp³-hybridized carbons (Fsp3) is 0.0909. The zero-order chi connectivity index (χ0) is 16.8. The molecule has 0 amide bonds. The lowest BCUT2D eigenvalue weighted by atomic mass is 10.1. The topological polar surface area (TPSA) is 12.0 Å². The molecule has 0 heterocycles. The van der Waals surface area contributed by atoms with Gasteiger partial charge >= 0.3 is 0 Å². The van der Waals surface area contributed by atoms with E-state index in [4.69, 9.17) is 0 Å². The summed E-state index contributed by atoms with van der Waals surface area (Å²) in [6.45, 7) is 2.05. The normalized spacial score (nSPS) is 11.2. The molecule has 0 bridgehead atoms. The average Bonchev–Trinajstić information content (AvgIpc) is 2.62. The van der Waals surface area contributed by atoms with Crippen molar-refractivity contribution in [3.05, 3.63) is 101 Å². The van der Waals surface area contributed by atoms with Crippen LogP contribution in [0.3, 0.4) is 0 Å². The SMILES string of the molecule is Cc1ccc(NC(C#Cc2ccccc2)c2ccc(F)cc2)cc1. The second kappa shape index (κ2) is 7.48. The van der Waals surface area contributed by atoms with Crippen LogP contribution in [0.4, 0.5) is 10.1 Å². The van der Waals surface area contributed by atoms with E-state index in [-0.39, 0.29) is 11.9 Å². The predicted octanol–water partition coefficient (Wildman–Crippen LogP) is 5.34. The molecule has 2 heteroatoms. The molecule has 0 aliphatic carbocycles. The van der Waals surface area contributed by atoms with Gasteiger partial charge in [-0.3, -0.25) is 0 Å². The molecular weight excluding hydrogens is 297 g/mol. The lowest BCUT2D eigenvalue weighted by molar-refractivity contribution is 0.627. The quantitative estimate of drug-likeness (QED) is 0.643. The highest BCUT2D eigenvalue weighted by Crippen LogP contribution is 2.20. The molecule has 0 aromatic heterocycles. The Morgan fingerprint density at radius 2 is 1.50 bits per heavy atom. The number of benzene rings is 3. The highest BCUT2D eigenvalue weighted by atomic mass is 19.1. The van der Waals surface area contributed by atoms with E-state index in [9.17, 15) is 4.39 Å². The van der Waals surface area contributed by atoms with Crippen LogP contribution in [0.1, 0.15) is 22.7 Å². The summed E-state index contributed by atoms with van der Waals surface area (Å²) in [5.41, 5.74) is 4.07. The van der Waals surface area contributed by atoms with E-state index >= 15 is 0 Å². The van der Waals surface area contributed by atoms with Crippen LogP contribution in [0.5, 0.6) is 0 Å². The average molecular weight is 315 g/mol. The molecule has 3 aromatic rings. The van der Waals surface area contributed by atoms with Crippen LogP contribution >= 0.6 is 0 Å². The summed E-state index contributed by atoms with van der Waals surface area (Å²) >= 11 is 0. The summed E-state index contributed by atoms with van der Waals surface area (Å²) in [7, 11) is 0. The Balaban J connectivity index is 1.90. The lowest BCUT2D eigenvalue weighted by Crippen LogP contribution is -2.08. The molecule has 0 saturated heterocycles. The third-order valence-electron chi connectivity index (χ3n) is 3.70.